The van der Waals surface area contributed by atoms with Crippen LogP contribution in [-0.2, 0) is 9.59 Å². The average Bonchev–Trinajstić information content (AvgIpc) is 2.88. The van der Waals surface area contributed by atoms with E-state index in [1.54, 1.807) is 12.1 Å². The lowest BCUT2D eigenvalue weighted by atomic mass is 9.99. The maximum Gasteiger partial charge on any atom is 0.239 e. The lowest BCUT2D eigenvalue weighted by molar-refractivity contribution is -0.135. The van der Waals surface area contributed by atoms with Gasteiger partial charge in [-0.25, -0.2) is 4.39 Å². The number of hydrogen-bond acceptors (Lipinski definition) is 4. The molecule has 0 aliphatic carbocycles. The highest BCUT2D eigenvalue weighted by molar-refractivity contribution is 5.81. The molecule has 1 fully saturated rings. The third-order valence-electron chi connectivity index (χ3n) is 5.31. The highest BCUT2D eigenvalue weighted by Crippen LogP contribution is 2.19. The molecule has 2 amide bonds. The first kappa shape index (κ1) is 20.3. The van der Waals surface area contributed by atoms with Crippen molar-refractivity contribution in [3.05, 3.63) is 42.2 Å². The second-order valence-electron chi connectivity index (χ2n) is 7.66. The van der Waals surface area contributed by atoms with Crippen LogP contribution >= 0.6 is 0 Å². The summed E-state index contributed by atoms with van der Waals surface area (Å²) in [6.45, 7) is 3.08. The predicted molar refractivity (Wildman–Crippen MR) is 107 cm³/mol. The van der Waals surface area contributed by atoms with E-state index in [9.17, 15) is 14.0 Å². The Morgan fingerprint density at radius 3 is 2.64 bits per heavy atom. The molecule has 2 aliphatic heterocycles. The summed E-state index contributed by atoms with van der Waals surface area (Å²) < 4.78 is 12.9. The van der Waals surface area contributed by atoms with Crippen LogP contribution in [0.15, 0.2) is 36.4 Å². The first-order valence-electron chi connectivity index (χ1n) is 9.92. The van der Waals surface area contributed by atoms with Crippen LogP contribution < -0.4 is 10.6 Å². The first-order valence-corrected chi connectivity index (χ1v) is 9.92. The van der Waals surface area contributed by atoms with Crippen LogP contribution in [0.3, 0.4) is 0 Å². The molecule has 2 heterocycles. The number of rotatable bonds is 5. The van der Waals surface area contributed by atoms with Gasteiger partial charge in [0.2, 0.25) is 11.8 Å². The number of carbonyl (C=O) groups is 2. The topological polar surface area (TPSA) is 64.7 Å². The van der Waals surface area contributed by atoms with Crippen LogP contribution in [-0.4, -0.2) is 67.4 Å². The molecule has 1 aromatic carbocycles. The molecule has 28 heavy (non-hydrogen) atoms. The van der Waals surface area contributed by atoms with Gasteiger partial charge in [-0.3, -0.25) is 9.59 Å². The summed E-state index contributed by atoms with van der Waals surface area (Å²) in [4.78, 5) is 29.2. The fourth-order valence-electron chi connectivity index (χ4n) is 3.86. The Bertz CT molecular complexity index is 707. The second-order valence-corrected chi connectivity index (χ2v) is 7.66. The summed E-state index contributed by atoms with van der Waals surface area (Å²) in [5, 5.41) is 6.06. The van der Waals surface area contributed by atoms with Gasteiger partial charge in [-0.2, -0.15) is 0 Å². The molecule has 0 radical (unpaired) electrons. The lowest BCUT2D eigenvalue weighted by Crippen LogP contribution is -2.44. The van der Waals surface area contributed by atoms with E-state index >= 15 is 0 Å². The van der Waals surface area contributed by atoms with Crippen LogP contribution in [0.4, 0.5) is 10.1 Å². The quantitative estimate of drug-likeness (QED) is 0.756. The monoisotopic (exact) mass is 388 g/mol. The van der Waals surface area contributed by atoms with Crippen molar-refractivity contribution in [1.82, 2.24) is 15.1 Å². The van der Waals surface area contributed by atoms with Crippen molar-refractivity contribution in [3.8, 4) is 0 Å². The number of likely N-dealkylation sites (tertiary alicyclic amines) is 1. The molecule has 0 aromatic heterocycles. The fraction of sp³-hybridized carbons (Fsp3) is 0.524. The molecule has 1 aromatic rings. The largest absolute Gasteiger partial charge is 0.376 e. The third-order valence-corrected chi connectivity index (χ3v) is 5.31. The number of nitrogens with one attached hydrogen (secondary N) is 2. The van der Waals surface area contributed by atoms with Gasteiger partial charge in [-0.1, -0.05) is 12.2 Å². The number of nitrogens with zero attached hydrogens (tertiary/aromatic N) is 2. The Hall–Kier alpha value is -2.41. The normalized spacial score (nSPS) is 23.1. The lowest BCUT2D eigenvalue weighted by Gasteiger charge is -2.28. The summed E-state index contributed by atoms with van der Waals surface area (Å²) in [7, 11) is 2.00. The van der Waals surface area contributed by atoms with E-state index in [1.807, 2.05) is 11.9 Å². The molecule has 0 saturated carbocycles. The van der Waals surface area contributed by atoms with Crippen LogP contribution in [0.25, 0.3) is 0 Å². The zero-order valence-electron chi connectivity index (χ0n) is 16.4. The SMILES string of the molecule is CN1C[C@@H](NC(=O)CNc2ccc(F)cc2)CC[C@@H](C(=O)N2CC=CCC2)C1. The number of carbonyl (C=O) groups excluding carboxylic acids is 2. The summed E-state index contributed by atoms with van der Waals surface area (Å²) >= 11 is 0. The van der Waals surface area contributed by atoms with Gasteiger partial charge in [0.05, 0.1) is 12.5 Å². The highest BCUT2D eigenvalue weighted by atomic mass is 19.1. The van der Waals surface area contributed by atoms with Crippen molar-refractivity contribution in [2.75, 3.05) is 45.1 Å². The highest BCUT2D eigenvalue weighted by Gasteiger charge is 2.30. The molecule has 0 bridgehead atoms. The summed E-state index contributed by atoms with van der Waals surface area (Å²) in [6.07, 6.45) is 6.66. The van der Waals surface area contributed by atoms with E-state index in [2.05, 4.69) is 27.7 Å². The van der Waals surface area contributed by atoms with Crippen LogP contribution in [0, 0.1) is 11.7 Å². The minimum absolute atomic E-state index is 0.0178. The number of hydrogen-bond donors (Lipinski definition) is 2. The Morgan fingerprint density at radius 1 is 1.14 bits per heavy atom. The third kappa shape index (κ3) is 5.79. The number of benzene rings is 1. The molecule has 3 rings (SSSR count). The molecule has 1 saturated heterocycles. The summed E-state index contributed by atoms with van der Waals surface area (Å²) in [6, 6.07) is 5.94. The predicted octanol–water partition coefficient (Wildman–Crippen LogP) is 1.85. The van der Waals surface area contributed by atoms with Gasteiger partial charge in [0, 0.05) is 37.9 Å². The fourth-order valence-corrected chi connectivity index (χ4v) is 3.86. The second kappa shape index (κ2) is 9.68. The zero-order chi connectivity index (χ0) is 19.9. The molecule has 152 valence electrons. The molecule has 6 nitrogen and oxygen atoms in total. The molecule has 2 atom stereocenters. The molecule has 2 N–H and O–H groups in total. The van der Waals surface area contributed by atoms with Crippen molar-refractivity contribution in [3.63, 3.8) is 0 Å². The Labute approximate surface area is 165 Å². The number of anilines is 1. The zero-order valence-corrected chi connectivity index (χ0v) is 16.4. The number of halogens is 1. The van der Waals surface area contributed by atoms with Gasteiger partial charge in [0.15, 0.2) is 0 Å². The molecule has 2 aliphatic rings. The van der Waals surface area contributed by atoms with E-state index < -0.39 is 0 Å². The average molecular weight is 388 g/mol. The van der Waals surface area contributed by atoms with Crippen LogP contribution in [0.1, 0.15) is 19.3 Å². The van der Waals surface area contributed by atoms with Gasteiger partial charge in [-0.05, 0) is 50.6 Å². The molecule has 0 spiro atoms. The van der Waals surface area contributed by atoms with E-state index in [1.165, 1.54) is 12.1 Å². The van der Waals surface area contributed by atoms with Gasteiger partial charge >= 0.3 is 0 Å². The van der Waals surface area contributed by atoms with Crippen molar-refractivity contribution >= 4 is 17.5 Å². The maximum absolute atomic E-state index is 12.9. The molecular formula is C21H29FN4O2. The van der Waals surface area contributed by atoms with Gasteiger partial charge < -0.3 is 20.4 Å². The smallest absolute Gasteiger partial charge is 0.239 e. The van der Waals surface area contributed by atoms with Gasteiger partial charge in [0.1, 0.15) is 5.82 Å². The summed E-state index contributed by atoms with van der Waals surface area (Å²) in [5.41, 5.74) is 0.704. The van der Waals surface area contributed by atoms with Crippen LogP contribution in [0.2, 0.25) is 0 Å². The van der Waals surface area contributed by atoms with Gasteiger partial charge in [-0.15, -0.1) is 0 Å². The number of likely N-dealkylation sites (N-methyl/N-ethyl adjacent to an activating group) is 1. The standard InChI is InChI=1S/C21H29FN4O2/c1-25-14-16(21(28)26-11-3-2-4-12-26)5-8-19(15-25)24-20(27)13-23-18-9-6-17(22)7-10-18/h2-3,6-7,9-10,16,19,23H,4-5,8,11-15H2,1H3,(H,24,27)/t16-,19+/m1/s1. The van der Waals surface area contributed by atoms with Crippen molar-refractivity contribution < 1.29 is 14.0 Å². The molecule has 0 unspecified atom stereocenters. The first-order chi connectivity index (χ1) is 13.5. The Kier molecular flexibility index (Phi) is 7.03. The van der Waals surface area contributed by atoms with Crippen molar-refractivity contribution in [1.29, 1.82) is 0 Å². The maximum atomic E-state index is 12.9. The van der Waals surface area contributed by atoms with E-state index in [0.29, 0.717) is 12.2 Å². The Morgan fingerprint density at radius 2 is 1.93 bits per heavy atom. The minimum Gasteiger partial charge on any atom is -0.376 e. The minimum atomic E-state index is -0.304. The van der Waals surface area contributed by atoms with Crippen molar-refractivity contribution in [2.24, 2.45) is 5.92 Å². The van der Waals surface area contributed by atoms with Crippen LogP contribution in [0.5, 0.6) is 0 Å². The summed E-state index contributed by atoms with van der Waals surface area (Å²) in [5.74, 6) is -0.202. The van der Waals surface area contributed by atoms with Gasteiger partial charge in [0.25, 0.3) is 0 Å². The van der Waals surface area contributed by atoms with Crippen molar-refractivity contribution in [2.45, 2.75) is 25.3 Å². The molecule has 7 heteroatoms. The van der Waals surface area contributed by atoms with E-state index in [-0.39, 0.29) is 36.1 Å². The Balaban J connectivity index is 1.47. The molecular weight excluding hydrogens is 359 g/mol. The number of amides is 2. The van der Waals surface area contributed by atoms with E-state index in [4.69, 9.17) is 0 Å². The van der Waals surface area contributed by atoms with E-state index in [0.717, 1.165) is 38.9 Å².